The predicted molar refractivity (Wildman–Crippen MR) is 99.1 cm³/mol. The standard InChI is InChI=1S/C22H20F4N2/c23-19-10-4-2-8-17(19)21-20-11-5-12-27(20)13-6-14-28(21)15-16-7-1-3-9-18(16)22(24,25)26/h1-5,7-12,21H,6,13-15H2. The molecule has 0 aliphatic carbocycles. The third kappa shape index (κ3) is 3.56. The SMILES string of the molecule is Fc1ccccc1C1c2cccn2CCCN1Cc1ccccc1C(F)(F)F. The van der Waals surface area contributed by atoms with E-state index < -0.39 is 17.8 Å². The minimum absolute atomic E-state index is 0.0971. The summed E-state index contributed by atoms with van der Waals surface area (Å²) in [4.78, 5) is 1.95. The van der Waals surface area contributed by atoms with E-state index in [-0.39, 0.29) is 17.9 Å². The largest absolute Gasteiger partial charge is 0.416 e. The first-order chi connectivity index (χ1) is 13.4. The number of aromatic nitrogens is 1. The van der Waals surface area contributed by atoms with Gasteiger partial charge in [0.25, 0.3) is 0 Å². The number of hydrogen-bond donors (Lipinski definition) is 0. The number of alkyl halides is 3. The van der Waals surface area contributed by atoms with Gasteiger partial charge in [-0.05, 0) is 36.2 Å². The van der Waals surface area contributed by atoms with Gasteiger partial charge in [0.1, 0.15) is 5.82 Å². The van der Waals surface area contributed by atoms with Crippen molar-refractivity contribution >= 4 is 0 Å². The lowest BCUT2D eigenvalue weighted by Gasteiger charge is -2.31. The summed E-state index contributed by atoms with van der Waals surface area (Å²) in [5.74, 6) is -0.351. The van der Waals surface area contributed by atoms with E-state index in [4.69, 9.17) is 0 Å². The molecule has 1 aromatic heterocycles. The van der Waals surface area contributed by atoms with Gasteiger partial charge in [0.15, 0.2) is 0 Å². The fourth-order valence-corrected chi connectivity index (χ4v) is 4.02. The molecule has 1 atom stereocenters. The Bertz CT molecular complexity index is 961. The molecule has 2 nitrogen and oxygen atoms in total. The third-order valence-electron chi connectivity index (χ3n) is 5.25. The zero-order valence-electron chi connectivity index (χ0n) is 15.2. The van der Waals surface area contributed by atoms with Crippen LogP contribution in [0.5, 0.6) is 0 Å². The number of rotatable bonds is 3. The topological polar surface area (TPSA) is 8.17 Å². The molecule has 0 radical (unpaired) electrons. The van der Waals surface area contributed by atoms with Crippen molar-refractivity contribution in [2.24, 2.45) is 0 Å². The summed E-state index contributed by atoms with van der Waals surface area (Å²) in [6.45, 7) is 1.43. The summed E-state index contributed by atoms with van der Waals surface area (Å²) >= 11 is 0. The number of benzene rings is 2. The molecule has 0 bridgehead atoms. The molecule has 0 amide bonds. The van der Waals surface area contributed by atoms with Crippen molar-refractivity contribution in [2.45, 2.75) is 31.7 Å². The summed E-state index contributed by atoms with van der Waals surface area (Å²) in [5, 5.41) is 0. The van der Waals surface area contributed by atoms with Crippen molar-refractivity contribution in [3.63, 3.8) is 0 Å². The number of hydrogen-bond acceptors (Lipinski definition) is 1. The maximum atomic E-state index is 14.7. The van der Waals surface area contributed by atoms with E-state index in [1.807, 2.05) is 23.2 Å². The van der Waals surface area contributed by atoms with Crippen LogP contribution in [0.4, 0.5) is 17.6 Å². The third-order valence-corrected chi connectivity index (χ3v) is 5.25. The lowest BCUT2D eigenvalue weighted by molar-refractivity contribution is -0.138. The van der Waals surface area contributed by atoms with Crippen LogP contribution in [0.2, 0.25) is 0 Å². The highest BCUT2D eigenvalue weighted by atomic mass is 19.4. The van der Waals surface area contributed by atoms with Crippen LogP contribution in [-0.4, -0.2) is 16.0 Å². The van der Waals surface area contributed by atoms with Crippen LogP contribution in [0, 0.1) is 5.82 Å². The zero-order valence-corrected chi connectivity index (χ0v) is 15.2. The minimum atomic E-state index is -4.42. The van der Waals surface area contributed by atoms with Crippen LogP contribution < -0.4 is 0 Å². The van der Waals surface area contributed by atoms with Crippen molar-refractivity contribution in [1.82, 2.24) is 9.47 Å². The van der Waals surface area contributed by atoms with Gasteiger partial charge in [-0.3, -0.25) is 4.90 Å². The second-order valence-electron chi connectivity index (χ2n) is 7.03. The molecule has 28 heavy (non-hydrogen) atoms. The summed E-state index contributed by atoms with van der Waals surface area (Å²) in [6.07, 6.45) is -1.70. The molecule has 0 saturated carbocycles. The van der Waals surface area contributed by atoms with Crippen molar-refractivity contribution in [3.8, 4) is 0 Å². The van der Waals surface area contributed by atoms with Crippen molar-refractivity contribution in [3.05, 3.63) is 95.1 Å². The Morgan fingerprint density at radius 2 is 1.64 bits per heavy atom. The van der Waals surface area contributed by atoms with Gasteiger partial charge in [0.2, 0.25) is 0 Å². The van der Waals surface area contributed by atoms with Gasteiger partial charge in [0, 0.05) is 37.1 Å². The Kier molecular flexibility index (Phi) is 4.98. The number of fused-ring (bicyclic) bond motifs is 1. The first-order valence-corrected chi connectivity index (χ1v) is 9.24. The molecular weight excluding hydrogens is 368 g/mol. The molecule has 6 heteroatoms. The Morgan fingerprint density at radius 1 is 0.893 bits per heavy atom. The Labute approximate surface area is 161 Å². The predicted octanol–water partition coefficient (Wildman–Crippen LogP) is 5.64. The average Bonchev–Trinajstić information content (AvgIpc) is 3.04. The van der Waals surface area contributed by atoms with Gasteiger partial charge in [-0.15, -0.1) is 0 Å². The Balaban J connectivity index is 1.79. The van der Waals surface area contributed by atoms with E-state index in [0.717, 1.165) is 24.7 Å². The van der Waals surface area contributed by atoms with Crippen LogP contribution in [0.25, 0.3) is 0 Å². The Hall–Kier alpha value is -2.60. The van der Waals surface area contributed by atoms with Crippen molar-refractivity contribution in [1.29, 1.82) is 0 Å². The van der Waals surface area contributed by atoms with E-state index in [9.17, 15) is 17.6 Å². The summed E-state index contributed by atoms with van der Waals surface area (Å²) < 4.78 is 57.2. The molecule has 1 aliphatic rings. The van der Waals surface area contributed by atoms with Crippen LogP contribution in [0.15, 0.2) is 66.9 Å². The molecule has 1 aliphatic heterocycles. The second-order valence-corrected chi connectivity index (χ2v) is 7.03. The van der Waals surface area contributed by atoms with Gasteiger partial charge in [0.05, 0.1) is 11.6 Å². The van der Waals surface area contributed by atoms with Gasteiger partial charge < -0.3 is 4.57 Å². The highest BCUT2D eigenvalue weighted by Gasteiger charge is 2.35. The molecule has 2 aromatic carbocycles. The van der Waals surface area contributed by atoms with Gasteiger partial charge in [-0.2, -0.15) is 13.2 Å². The van der Waals surface area contributed by atoms with Gasteiger partial charge in [-0.25, -0.2) is 4.39 Å². The highest BCUT2D eigenvalue weighted by molar-refractivity contribution is 5.33. The molecule has 4 rings (SSSR count). The number of nitrogens with zero attached hydrogens (tertiary/aromatic N) is 2. The van der Waals surface area contributed by atoms with E-state index in [2.05, 4.69) is 4.57 Å². The minimum Gasteiger partial charge on any atom is -0.350 e. The number of aryl methyl sites for hydroxylation is 1. The molecule has 0 spiro atoms. The molecule has 2 heterocycles. The van der Waals surface area contributed by atoms with Gasteiger partial charge in [-0.1, -0.05) is 36.4 Å². The normalized spacial score (nSPS) is 17.9. The lowest BCUT2D eigenvalue weighted by atomic mass is 9.99. The monoisotopic (exact) mass is 388 g/mol. The van der Waals surface area contributed by atoms with E-state index in [0.29, 0.717) is 12.1 Å². The molecule has 146 valence electrons. The molecule has 3 aromatic rings. The zero-order chi connectivity index (χ0) is 19.7. The average molecular weight is 388 g/mol. The lowest BCUT2D eigenvalue weighted by Crippen LogP contribution is -2.31. The number of halogens is 4. The molecule has 1 unspecified atom stereocenters. The fraction of sp³-hybridized carbons (Fsp3) is 0.273. The highest BCUT2D eigenvalue weighted by Crippen LogP contribution is 2.37. The molecule has 0 fully saturated rings. The Morgan fingerprint density at radius 3 is 2.43 bits per heavy atom. The molecule has 0 saturated heterocycles. The second kappa shape index (κ2) is 7.43. The summed E-state index contributed by atoms with van der Waals surface area (Å²) in [7, 11) is 0. The summed E-state index contributed by atoms with van der Waals surface area (Å²) in [5.41, 5.74) is 0.944. The van der Waals surface area contributed by atoms with Crippen molar-refractivity contribution < 1.29 is 17.6 Å². The van der Waals surface area contributed by atoms with Crippen LogP contribution >= 0.6 is 0 Å². The fourth-order valence-electron chi connectivity index (χ4n) is 4.02. The van der Waals surface area contributed by atoms with Crippen LogP contribution in [0.1, 0.15) is 34.8 Å². The van der Waals surface area contributed by atoms with Crippen LogP contribution in [0.3, 0.4) is 0 Å². The van der Waals surface area contributed by atoms with Crippen LogP contribution in [-0.2, 0) is 19.3 Å². The van der Waals surface area contributed by atoms with E-state index in [1.54, 1.807) is 24.3 Å². The maximum Gasteiger partial charge on any atom is 0.416 e. The first-order valence-electron chi connectivity index (χ1n) is 9.24. The van der Waals surface area contributed by atoms with E-state index in [1.165, 1.54) is 18.2 Å². The molecular formula is C22H20F4N2. The first kappa shape index (κ1) is 18.7. The maximum absolute atomic E-state index is 14.7. The van der Waals surface area contributed by atoms with Crippen molar-refractivity contribution in [2.75, 3.05) is 6.54 Å². The summed E-state index contributed by atoms with van der Waals surface area (Å²) in [6, 6.07) is 15.5. The quantitative estimate of drug-likeness (QED) is 0.527. The van der Waals surface area contributed by atoms with Gasteiger partial charge >= 0.3 is 6.18 Å². The smallest absolute Gasteiger partial charge is 0.350 e. The molecule has 0 N–H and O–H groups in total. The van der Waals surface area contributed by atoms with E-state index >= 15 is 0 Å².